The third-order valence-electron chi connectivity index (χ3n) is 12.2. The van der Waals surface area contributed by atoms with E-state index in [1.807, 2.05) is 55.1 Å². The first-order valence-electron chi connectivity index (χ1n) is 20.7. The van der Waals surface area contributed by atoms with Gasteiger partial charge < -0.3 is 44.6 Å². The minimum Gasteiger partial charge on any atom is -0.488 e. The highest BCUT2D eigenvalue weighted by molar-refractivity contribution is 6.07. The van der Waals surface area contributed by atoms with E-state index >= 15 is 0 Å². The van der Waals surface area contributed by atoms with Crippen LogP contribution in [-0.2, 0) is 25.7 Å². The number of benzene rings is 4. The summed E-state index contributed by atoms with van der Waals surface area (Å²) < 4.78 is 16.1. The molecule has 4 amide bonds. The van der Waals surface area contributed by atoms with E-state index in [0.29, 0.717) is 36.9 Å². The summed E-state index contributed by atoms with van der Waals surface area (Å²) in [7, 11) is 2.57. The van der Waals surface area contributed by atoms with Gasteiger partial charge in [-0.1, -0.05) is 62.4 Å². The minimum atomic E-state index is -0.902. The molecule has 0 radical (unpaired) electrons. The van der Waals surface area contributed by atoms with E-state index in [1.165, 1.54) is 14.2 Å². The third kappa shape index (κ3) is 7.38. The zero-order chi connectivity index (χ0) is 42.4. The van der Waals surface area contributed by atoms with Crippen molar-refractivity contribution in [2.75, 3.05) is 27.3 Å². The number of methoxy groups -OCH3 is 2. The van der Waals surface area contributed by atoms with Crippen LogP contribution in [0.2, 0.25) is 0 Å². The predicted molar refractivity (Wildman–Crippen MR) is 227 cm³/mol. The number of nitrogens with zero attached hydrogens (tertiary/aromatic N) is 4. The Balaban J connectivity index is 0.959. The maximum absolute atomic E-state index is 14.1. The number of likely N-dealkylation sites (tertiary alicyclic amines) is 2. The molecule has 6 aromatic rings. The second-order valence-electron chi connectivity index (χ2n) is 16.2. The van der Waals surface area contributed by atoms with Gasteiger partial charge >= 0.3 is 12.2 Å². The van der Waals surface area contributed by atoms with Crippen LogP contribution in [0, 0.1) is 5.92 Å². The Hall–Kier alpha value is -6.90. The fourth-order valence-corrected chi connectivity index (χ4v) is 9.07. The molecular weight excluding hydrogens is 777 g/mol. The first-order chi connectivity index (χ1) is 29.6. The standard InChI is InChI=1S/C46H48N8O7/c1-25(2)38(51-45(57)59-3)43(55)53-18-8-12-35(53)41-47-23-34(49-41)28-14-16-30-29(20-28)24-61-37-22-31-27(21-32(30)37)15-17-33-40(31)50-42(48-33)36-13-9-19-54(36)44(56)39(52-46(58)60-4)26-10-6-5-7-11-26/h5-7,10-11,14-17,20-23,25,35-36,38-39H,8-9,12-13,18-19,24H2,1-4H3,(H,47,49)(H,48,50)(H,51,57)(H,52,58)/t35-,36-,38-,39+/m0/s1. The van der Waals surface area contributed by atoms with Gasteiger partial charge in [0.05, 0.1) is 49.2 Å². The fourth-order valence-electron chi connectivity index (χ4n) is 9.07. The van der Waals surface area contributed by atoms with Crippen molar-refractivity contribution in [1.29, 1.82) is 0 Å². The number of carbonyl (C=O) groups excluding carboxylic acids is 4. The molecule has 0 saturated carbocycles. The molecule has 5 heterocycles. The first kappa shape index (κ1) is 39.6. The highest BCUT2D eigenvalue weighted by Crippen LogP contribution is 2.43. The number of aromatic nitrogens is 4. The van der Waals surface area contributed by atoms with E-state index in [1.54, 1.807) is 11.1 Å². The molecule has 2 saturated heterocycles. The van der Waals surface area contributed by atoms with Crippen molar-refractivity contribution in [2.45, 2.75) is 70.3 Å². The van der Waals surface area contributed by atoms with Crippen LogP contribution in [0.25, 0.3) is 44.2 Å². The monoisotopic (exact) mass is 824 g/mol. The molecule has 0 spiro atoms. The van der Waals surface area contributed by atoms with Crippen LogP contribution in [0.3, 0.4) is 0 Å². The van der Waals surface area contributed by atoms with Crippen molar-refractivity contribution < 1.29 is 33.4 Å². The lowest BCUT2D eigenvalue weighted by molar-refractivity contribution is -0.135. The lowest BCUT2D eigenvalue weighted by atomic mass is 9.92. The first-order valence-corrected chi connectivity index (χ1v) is 20.7. The van der Waals surface area contributed by atoms with Crippen molar-refractivity contribution in [3.8, 4) is 28.1 Å². The number of H-pyrrole nitrogens is 2. The van der Waals surface area contributed by atoms with Crippen LogP contribution in [0.5, 0.6) is 5.75 Å². The Labute approximate surface area is 352 Å². The topological polar surface area (TPSA) is 184 Å². The highest BCUT2D eigenvalue weighted by atomic mass is 16.5. The molecule has 4 atom stereocenters. The smallest absolute Gasteiger partial charge is 0.407 e. The number of amides is 4. The molecule has 4 aromatic carbocycles. The van der Waals surface area contributed by atoms with E-state index in [-0.39, 0.29) is 29.8 Å². The summed E-state index contributed by atoms with van der Waals surface area (Å²) in [6.07, 6.45) is 3.63. The van der Waals surface area contributed by atoms with E-state index in [4.69, 9.17) is 24.2 Å². The van der Waals surface area contributed by atoms with Gasteiger partial charge in [0.25, 0.3) is 5.91 Å². The Kier molecular flexibility index (Phi) is 10.6. The van der Waals surface area contributed by atoms with Gasteiger partial charge in [-0.05, 0) is 83.5 Å². The van der Waals surface area contributed by atoms with E-state index in [9.17, 15) is 19.2 Å². The van der Waals surface area contributed by atoms with Gasteiger partial charge in [-0.15, -0.1) is 0 Å². The average molecular weight is 825 g/mol. The fraction of sp³-hybridized carbons (Fsp3) is 0.348. The number of imidazole rings is 2. The quantitative estimate of drug-likeness (QED) is 0.115. The summed E-state index contributed by atoms with van der Waals surface area (Å²) >= 11 is 0. The molecule has 0 aliphatic carbocycles. The second kappa shape index (κ2) is 16.3. The number of nitrogens with one attached hydrogen (secondary N) is 4. The van der Waals surface area contributed by atoms with Crippen molar-refractivity contribution in [1.82, 2.24) is 40.4 Å². The number of ether oxygens (including phenoxy) is 3. The normalized spacial score (nSPS) is 18.0. The molecule has 3 aliphatic rings. The van der Waals surface area contributed by atoms with Gasteiger partial charge in [0.1, 0.15) is 36.1 Å². The summed E-state index contributed by atoms with van der Waals surface area (Å²) in [6, 6.07) is 21.6. The lowest BCUT2D eigenvalue weighted by Crippen LogP contribution is -2.51. The molecular formula is C46H48N8O7. The summed E-state index contributed by atoms with van der Waals surface area (Å²) in [5.41, 5.74) is 7.23. The Morgan fingerprint density at radius 2 is 1.52 bits per heavy atom. The zero-order valence-electron chi connectivity index (χ0n) is 34.5. The molecule has 15 nitrogen and oxygen atoms in total. The number of hydrogen-bond donors (Lipinski definition) is 4. The molecule has 2 fully saturated rings. The van der Waals surface area contributed by atoms with Crippen molar-refractivity contribution in [3.05, 3.63) is 102 Å². The molecule has 0 unspecified atom stereocenters. The summed E-state index contributed by atoms with van der Waals surface area (Å²) in [4.78, 5) is 72.5. The molecule has 2 aromatic heterocycles. The Morgan fingerprint density at radius 1 is 0.803 bits per heavy atom. The molecule has 3 aliphatic heterocycles. The zero-order valence-corrected chi connectivity index (χ0v) is 34.5. The van der Waals surface area contributed by atoms with Gasteiger partial charge in [-0.2, -0.15) is 0 Å². The molecule has 4 N–H and O–H groups in total. The van der Waals surface area contributed by atoms with E-state index in [2.05, 4.69) is 57.0 Å². The number of hydrogen-bond acceptors (Lipinski definition) is 9. The largest absolute Gasteiger partial charge is 0.488 e. The maximum atomic E-state index is 14.1. The van der Waals surface area contributed by atoms with E-state index in [0.717, 1.165) is 81.2 Å². The van der Waals surface area contributed by atoms with Crippen LogP contribution in [0.4, 0.5) is 9.59 Å². The number of alkyl carbamates (subject to hydrolysis) is 2. The Morgan fingerprint density at radius 3 is 2.26 bits per heavy atom. The number of carbonyl (C=O) groups is 4. The average Bonchev–Trinajstić information content (AvgIpc) is 4.13. The van der Waals surface area contributed by atoms with Gasteiger partial charge in [0, 0.05) is 24.0 Å². The summed E-state index contributed by atoms with van der Waals surface area (Å²) in [6.45, 7) is 5.29. The number of aromatic amines is 2. The molecule has 9 rings (SSSR count). The number of fused-ring (bicyclic) bond motifs is 6. The van der Waals surface area contributed by atoms with Gasteiger partial charge in [0.15, 0.2) is 0 Å². The van der Waals surface area contributed by atoms with Crippen LogP contribution in [0.15, 0.2) is 79.0 Å². The lowest BCUT2D eigenvalue weighted by Gasteiger charge is -2.30. The molecule has 0 bridgehead atoms. The summed E-state index contributed by atoms with van der Waals surface area (Å²) in [5.74, 6) is 1.68. The van der Waals surface area contributed by atoms with E-state index < -0.39 is 24.3 Å². The number of rotatable bonds is 9. The molecule has 314 valence electrons. The predicted octanol–water partition coefficient (Wildman–Crippen LogP) is 7.47. The Bertz CT molecular complexity index is 2660. The highest BCUT2D eigenvalue weighted by Gasteiger charge is 2.39. The van der Waals surface area contributed by atoms with Crippen LogP contribution in [-0.4, -0.2) is 87.1 Å². The van der Waals surface area contributed by atoms with Crippen LogP contribution >= 0.6 is 0 Å². The SMILES string of the molecule is COC(=O)N[C@H](C(=O)N1CCC[C@H]1c1ncc(-c2ccc3c(c2)COc2cc4c(ccc5nc([C@@H]6CCCN6C(=O)[C@H](NC(=O)OC)c6ccccc6)[nH]c54)cc2-3)[nH]1)C(C)C. The van der Waals surface area contributed by atoms with Crippen LogP contribution in [0.1, 0.15) is 80.4 Å². The third-order valence-corrected chi connectivity index (χ3v) is 12.2. The van der Waals surface area contributed by atoms with Gasteiger partial charge in [-0.3, -0.25) is 9.59 Å². The van der Waals surface area contributed by atoms with Crippen LogP contribution < -0.4 is 15.4 Å². The van der Waals surface area contributed by atoms with Crippen molar-refractivity contribution in [2.24, 2.45) is 5.92 Å². The molecule has 61 heavy (non-hydrogen) atoms. The molecule has 15 heteroatoms. The second-order valence-corrected chi connectivity index (χ2v) is 16.2. The minimum absolute atomic E-state index is 0.120. The van der Waals surface area contributed by atoms with Crippen molar-refractivity contribution >= 4 is 45.8 Å². The van der Waals surface area contributed by atoms with Crippen molar-refractivity contribution in [3.63, 3.8) is 0 Å². The van der Waals surface area contributed by atoms with Gasteiger partial charge in [0.2, 0.25) is 5.91 Å². The van der Waals surface area contributed by atoms with Gasteiger partial charge in [-0.25, -0.2) is 19.6 Å². The maximum Gasteiger partial charge on any atom is 0.407 e. The summed E-state index contributed by atoms with van der Waals surface area (Å²) in [5, 5.41) is 7.42.